The van der Waals surface area contributed by atoms with Crippen LogP contribution in [0.3, 0.4) is 0 Å². The van der Waals surface area contributed by atoms with E-state index in [0.717, 1.165) is 19.0 Å². The number of rotatable bonds is 3. The van der Waals surface area contributed by atoms with Gasteiger partial charge >= 0.3 is 5.97 Å². The third-order valence-electron chi connectivity index (χ3n) is 3.03. The molecular formula is C11H13N3O4. The van der Waals surface area contributed by atoms with Crippen LogP contribution in [0.4, 0.5) is 11.5 Å². The van der Waals surface area contributed by atoms with Gasteiger partial charge in [-0.15, -0.1) is 0 Å². The number of carbonyl (C=O) groups is 1. The molecule has 1 saturated heterocycles. The molecular weight excluding hydrogens is 238 g/mol. The number of hydrogen-bond acceptors (Lipinski definition) is 5. The van der Waals surface area contributed by atoms with Crippen LogP contribution in [0.2, 0.25) is 0 Å². The monoisotopic (exact) mass is 251 g/mol. The molecule has 96 valence electrons. The van der Waals surface area contributed by atoms with Crippen molar-refractivity contribution in [2.24, 2.45) is 0 Å². The van der Waals surface area contributed by atoms with Crippen molar-refractivity contribution in [1.29, 1.82) is 0 Å². The number of carboxylic acids is 1. The van der Waals surface area contributed by atoms with Crippen molar-refractivity contribution in [2.45, 2.75) is 25.3 Å². The lowest BCUT2D eigenvalue weighted by Gasteiger charge is -2.33. The Hall–Kier alpha value is -2.18. The molecule has 1 fully saturated rings. The average Bonchev–Trinajstić information content (AvgIpc) is 2.39. The standard InChI is InChI=1S/C11H13N3O4/c15-11(16)9-3-1-2-6-13(9)10-5-4-8(7-12-10)14(17)18/h4-5,7,9H,1-3,6H2,(H,15,16)/t9-/m1/s1. The number of piperidine rings is 1. The lowest BCUT2D eigenvalue weighted by Crippen LogP contribution is -2.45. The highest BCUT2D eigenvalue weighted by atomic mass is 16.6. The van der Waals surface area contributed by atoms with Gasteiger partial charge in [-0.3, -0.25) is 10.1 Å². The van der Waals surface area contributed by atoms with Gasteiger partial charge in [0.1, 0.15) is 18.1 Å². The number of nitro groups is 1. The van der Waals surface area contributed by atoms with Crippen molar-refractivity contribution in [3.8, 4) is 0 Å². The Kier molecular flexibility index (Phi) is 3.40. The highest BCUT2D eigenvalue weighted by Crippen LogP contribution is 2.24. The second-order valence-electron chi connectivity index (χ2n) is 4.17. The highest BCUT2D eigenvalue weighted by Gasteiger charge is 2.29. The van der Waals surface area contributed by atoms with Gasteiger partial charge in [0, 0.05) is 12.6 Å². The summed E-state index contributed by atoms with van der Waals surface area (Å²) in [6.07, 6.45) is 3.51. The number of nitrogens with zero attached hydrogens (tertiary/aromatic N) is 3. The topological polar surface area (TPSA) is 96.6 Å². The molecule has 0 saturated carbocycles. The summed E-state index contributed by atoms with van der Waals surface area (Å²) >= 11 is 0. The van der Waals surface area contributed by atoms with E-state index < -0.39 is 16.9 Å². The number of anilines is 1. The van der Waals surface area contributed by atoms with Crippen LogP contribution in [-0.2, 0) is 4.79 Å². The third kappa shape index (κ3) is 2.39. The predicted octanol–water partition coefficient (Wildman–Crippen LogP) is 1.43. The fraction of sp³-hybridized carbons (Fsp3) is 0.455. The van der Waals surface area contributed by atoms with Crippen LogP contribution in [-0.4, -0.2) is 33.6 Å². The van der Waals surface area contributed by atoms with Gasteiger partial charge in [0.25, 0.3) is 5.69 Å². The number of pyridine rings is 1. The smallest absolute Gasteiger partial charge is 0.326 e. The van der Waals surface area contributed by atoms with Crippen LogP contribution in [0, 0.1) is 10.1 Å². The molecule has 1 aromatic rings. The molecule has 0 bridgehead atoms. The number of aromatic nitrogens is 1. The molecule has 1 aliphatic rings. The Labute approximate surface area is 103 Å². The second kappa shape index (κ2) is 4.99. The molecule has 0 aromatic carbocycles. The van der Waals surface area contributed by atoms with E-state index in [1.165, 1.54) is 12.1 Å². The first-order valence-electron chi connectivity index (χ1n) is 5.69. The first-order chi connectivity index (χ1) is 8.59. The Balaban J connectivity index is 2.23. The highest BCUT2D eigenvalue weighted by molar-refractivity contribution is 5.78. The summed E-state index contributed by atoms with van der Waals surface area (Å²) in [6, 6.07) is 2.25. The summed E-state index contributed by atoms with van der Waals surface area (Å²) in [5.41, 5.74) is -0.0948. The van der Waals surface area contributed by atoms with Crippen molar-refractivity contribution in [1.82, 2.24) is 4.98 Å². The van der Waals surface area contributed by atoms with E-state index in [1.807, 2.05) is 0 Å². The van der Waals surface area contributed by atoms with E-state index in [9.17, 15) is 14.9 Å². The van der Waals surface area contributed by atoms with Crippen molar-refractivity contribution in [3.63, 3.8) is 0 Å². The third-order valence-corrected chi connectivity index (χ3v) is 3.03. The first-order valence-corrected chi connectivity index (χ1v) is 5.69. The fourth-order valence-corrected chi connectivity index (χ4v) is 2.12. The SMILES string of the molecule is O=C(O)[C@H]1CCCCN1c1ccc([N+](=O)[O-])cn1. The molecule has 0 amide bonds. The van der Waals surface area contributed by atoms with Crippen LogP contribution >= 0.6 is 0 Å². The molecule has 1 N–H and O–H groups in total. The average molecular weight is 251 g/mol. The van der Waals surface area contributed by atoms with Crippen LogP contribution < -0.4 is 4.90 Å². The van der Waals surface area contributed by atoms with Crippen LogP contribution in [0.1, 0.15) is 19.3 Å². The van der Waals surface area contributed by atoms with E-state index in [2.05, 4.69) is 4.98 Å². The molecule has 0 unspecified atom stereocenters. The minimum Gasteiger partial charge on any atom is -0.480 e. The molecule has 0 aliphatic carbocycles. The van der Waals surface area contributed by atoms with Crippen LogP contribution in [0.25, 0.3) is 0 Å². The summed E-state index contributed by atoms with van der Waals surface area (Å²) in [5, 5.41) is 19.7. The number of aliphatic carboxylic acids is 1. The largest absolute Gasteiger partial charge is 0.480 e. The summed E-state index contributed by atoms with van der Waals surface area (Å²) in [6.45, 7) is 0.613. The summed E-state index contributed by atoms with van der Waals surface area (Å²) < 4.78 is 0. The summed E-state index contributed by atoms with van der Waals surface area (Å²) in [4.78, 5) is 26.8. The first kappa shape index (κ1) is 12.3. The zero-order chi connectivity index (χ0) is 13.1. The van der Waals surface area contributed by atoms with Gasteiger partial charge in [-0.05, 0) is 25.3 Å². The van der Waals surface area contributed by atoms with Gasteiger partial charge in [-0.25, -0.2) is 9.78 Å². The van der Waals surface area contributed by atoms with Gasteiger partial charge in [0.2, 0.25) is 0 Å². The van der Waals surface area contributed by atoms with E-state index in [-0.39, 0.29) is 5.69 Å². The van der Waals surface area contributed by atoms with E-state index in [1.54, 1.807) is 4.90 Å². The van der Waals surface area contributed by atoms with Gasteiger partial charge < -0.3 is 10.0 Å². The molecule has 7 heteroatoms. The summed E-state index contributed by atoms with van der Waals surface area (Å²) in [7, 11) is 0. The molecule has 1 aromatic heterocycles. The molecule has 18 heavy (non-hydrogen) atoms. The minimum atomic E-state index is -0.880. The second-order valence-corrected chi connectivity index (χ2v) is 4.17. The molecule has 2 rings (SSSR count). The van der Waals surface area contributed by atoms with Crippen LogP contribution in [0.5, 0.6) is 0 Å². The maximum absolute atomic E-state index is 11.1. The Morgan fingerprint density at radius 3 is 2.83 bits per heavy atom. The Morgan fingerprint density at radius 1 is 1.50 bits per heavy atom. The zero-order valence-corrected chi connectivity index (χ0v) is 9.65. The summed E-state index contributed by atoms with van der Waals surface area (Å²) in [5.74, 6) is -0.400. The molecule has 2 heterocycles. The fourth-order valence-electron chi connectivity index (χ4n) is 2.12. The maximum atomic E-state index is 11.1. The molecule has 7 nitrogen and oxygen atoms in total. The number of hydrogen-bond donors (Lipinski definition) is 1. The maximum Gasteiger partial charge on any atom is 0.326 e. The quantitative estimate of drug-likeness (QED) is 0.644. The predicted molar refractivity (Wildman–Crippen MR) is 63.5 cm³/mol. The van der Waals surface area contributed by atoms with Gasteiger partial charge in [0.05, 0.1) is 4.92 Å². The van der Waals surface area contributed by atoms with Crippen LogP contribution in [0.15, 0.2) is 18.3 Å². The van der Waals surface area contributed by atoms with Gasteiger partial charge in [-0.2, -0.15) is 0 Å². The van der Waals surface area contributed by atoms with Gasteiger partial charge in [0.15, 0.2) is 0 Å². The van der Waals surface area contributed by atoms with E-state index >= 15 is 0 Å². The van der Waals surface area contributed by atoms with Crippen molar-refractivity contribution < 1.29 is 14.8 Å². The Bertz CT molecular complexity index is 460. The van der Waals surface area contributed by atoms with E-state index in [4.69, 9.17) is 5.11 Å². The molecule has 1 aliphatic heterocycles. The number of carboxylic acid groups (broad SMARTS) is 1. The molecule has 0 radical (unpaired) electrons. The zero-order valence-electron chi connectivity index (χ0n) is 9.65. The van der Waals surface area contributed by atoms with E-state index in [0.29, 0.717) is 18.8 Å². The van der Waals surface area contributed by atoms with Crippen molar-refractivity contribution in [3.05, 3.63) is 28.4 Å². The lowest BCUT2D eigenvalue weighted by atomic mass is 10.0. The van der Waals surface area contributed by atoms with Crippen molar-refractivity contribution >= 4 is 17.5 Å². The minimum absolute atomic E-state index is 0.0948. The Morgan fingerprint density at radius 2 is 2.28 bits per heavy atom. The normalized spacial score (nSPS) is 19.6. The van der Waals surface area contributed by atoms with Gasteiger partial charge in [-0.1, -0.05) is 0 Å². The van der Waals surface area contributed by atoms with Crippen molar-refractivity contribution in [2.75, 3.05) is 11.4 Å². The molecule has 0 spiro atoms. The lowest BCUT2D eigenvalue weighted by molar-refractivity contribution is -0.385. The molecule has 1 atom stereocenters.